The first-order chi connectivity index (χ1) is 9.50. The van der Waals surface area contributed by atoms with Crippen LogP contribution in [-0.2, 0) is 26.0 Å². The number of carbonyl (C=O) groups excluding carboxylic acids is 1. The third-order valence-electron chi connectivity index (χ3n) is 3.12. The topological polar surface area (TPSA) is 84.5 Å². The van der Waals surface area contributed by atoms with Crippen molar-refractivity contribution in [3.8, 4) is 0 Å². The Morgan fingerprint density at radius 2 is 2.25 bits per heavy atom. The van der Waals surface area contributed by atoms with Crippen LogP contribution in [0.25, 0.3) is 0 Å². The maximum Gasteiger partial charge on any atom is 0.306 e. The zero-order valence-electron chi connectivity index (χ0n) is 11.3. The van der Waals surface area contributed by atoms with Crippen LogP contribution in [0.2, 0.25) is 0 Å². The van der Waals surface area contributed by atoms with Crippen molar-refractivity contribution in [3.63, 3.8) is 0 Å². The number of carbonyl (C=O) groups is 1. The molecule has 2 rings (SSSR count). The monoisotopic (exact) mass is 298 g/mol. The van der Waals surface area contributed by atoms with Crippen LogP contribution in [0, 0.1) is 0 Å². The molecule has 0 spiro atoms. The van der Waals surface area contributed by atoms with E-state index >= 15 is 0 Å². The smallest absolute Gasteiger partial charge is 0.306 e. The number of hydrogen-bond donors (Lipinski definition) is 2. The molecule has 1 aliphatic heterocycles. The molecule has 0 aliphatic carbocycles. The van der Waals surface area contributed by atoms with Crippen molar-refractivity contribution in [2.45, 2.75) is 19.3 Å². The van der Waals surface area contributed by atoms with Gasteiger partial charge in [0.1, 0.15) is 0 Å². The fraction of sp³-hybridized carbons (Fsp3) is 0.462. The van der Waals surface area contributed by atoms with Gasteiger partial charge >= 0.3 is 5.97 Å². The van der Waals surface area contributed by atoms with Gasteiger partial charge < -0.3 is 10.1 Å². The lowest BCUT2D eigenvalue weighted by Gasteiger charge is -2.19. The molecule has 0 bridgehead atoms. The highest BCUT2D eigenvalue weighted by molar-refractivity contribution is 7.92. The molecule has 0 amide bonds. The summed E-state index contributed by atoms with van der Waals surface area (Å²) in [6.07, 6.45) is 1.92. The first-order valence-corrected chi connectivity index (χ1v) is 8.09. The standard InChI is InChI=1S/C13H18N2O4S/c1-19-13(16)6-8-20(17,18)15-11-5-4-10-3-2-7-14-12(10)9-11/h4-5,9,14-15H,2-3,6-8H2,1H3. The summed E-state index contributed by atoms with van der Waals surface area (Å²) in [6, 6.07) is 5.44. The molecule has 0 unspecified atom stereocenters. The van der Waals surface area contributed by atoms with Crippen LogP contribution in [0.4, 0.5) is 11.4 Å². The van der Waals surface area contributed by atoms with Crippen molar-refractivity contribution in [2.24, 2.45) is 0 Å². The number of benzene rings is 1. The first kappa shape index (κ1) is 14.6. The fourth-order valence-corrected chi connectivity index (χ4v) is 3.10. The van der Waals surface area contributed by atoms with Crippen molar-refractivity contribution in [3.05, 3.63) is 23.8 Å². The fourth-order valence-electron chi connectivity index (χ4n) is 2.07. The highest BCUT2D eigenvalue weighted by atomic mass is 32.2. The summed E-state index contributed by atoms with van der Waals surface area (Å²) in [4.78, 5) is 11.0. The summed E-state index contributed by atoms with van der Waals surface area (Å²) in [5, 5.41) is 3.24. The molecule has 110 valence electrons. The van der Waals surface area contributed by atoms with Gasteiger partial charge in [-0.3, -0.25) is 9.52 Å². The van der Waals surface area contributed by atoms with E-state index < -0.39 is 16.0 Å². The van der Waals surface area contributed by atoms with Crippen molar-refractivity contribution in [1.29, 1.82) is 0 Å². The lowest BCUT2D eigenvalue weighted by molar-refractivity contribution is -0.140. The van der Waals surface area contributed by atoms with Gasteiger partial charge in [-0.2, -0.15) is 0 Å². The molecule has 0 aromatic heterocycles. The minimum Gasteiger partial charge on any atom is -0.469 e. The Balaban J connectivity index is 2.03. The number of hydrogen-bond acceptors (Lipinski definition) is 5. The van der Waals surface area contributed by atoms with E-state index in [9.17, 15) is 13.2 Å². The van der Waals surface area contributed by atoms with Gasteiger partial charge in [0, 0.05) is 12.2 Å². The number of nitrogens with one attached hydrogen (secondary N) is 2. The summed E-state index contributed by atoms with van der Waals surface area (Å²) in [7, 11) is -2.31. The Morgan fingerprint density at radius 1 is 1.45 bits per heavy atom. The quantitative estimate of drug-likeness (QED) is 0.802. The van der Waals surface area contributed by atoms with Gasteiger partial charge in [0.25, 0.3) is 0 Å². The molecular weight excluding hydrogens is 280 g/mol. The summed E-state index contributed by atoms with van der Waals surface area (Å²) >= 11 is 0. The van der Waals surface area contributed by atoms with Crippen LogP contribution in [0.3, 0.4) is 0 Å². The van der Waals surface area contributed by atoms with E-state index in [0.29, 0.717) is 5.69 Å². The minimum absolute atomic E-state index is 0.158. The molecular formula is C13H18N2O4S. The molecule has 6 nitrogen and oxygen atoms in total. The number of ether oxygens (including phenoxy) is 1. The van der Waals surface area contributed by atoms with E-state index in [-0.39, 0.29) is 12.2 Å². The molecule has 1 aromatic rings. The average molecular weight is 298 g/mol. The van der Waals surface area contributed by atoms with E-state index in [1.807, 2.05) is 6.07 Å². The summed E-state index contributed by atoms with van der Waals surface area (Å²) in [5.41, 5.74) is 2.65. The zero-order chi connectivity index (χ0) is 14.6. The van der Waals surface area contributed by atoms with Gasteiger partial charge in [0.05, 0.1) is 25.0 Å². The number of sulfonamides is 1. The Kier molecular flexibility index (Phi) is 4.49. The Hall–Kier alpha value is -1.76. The predicted molar refractivity (Wildman–Crippen MR) is 77.3 cm³/mol. The number of anilines is 2. The van der Waals surface area contributed by atoms with Crippen molar-refractivity contribution >= 4 is 27.4 Å². The third-order valence-corrected chi connectivity index (χ3v) is 4.41. The van der Waals surface area contributed by atoms with E-state index in [0.717, 1.165) is 25.1 Å². The molecule has 0 radical (unpaired) electrons. The van der Waals surface area contributed by atoms with Crippen LogP contribution in [0.5, 0.6) is 0 Å². The molecule has 1 aliphatic rings. The van der Waals surface area contributed by atoms with E-state index in [2.05, 4.69) is 14.8 Å². The Labute approximate surface area is 118 Å². The molecule has 0 saturated carbocycles. The lowest BCUT2D eigenvalue weighted by Crippen LogP contribution is -2.20. The van der Waals surface area contributed by atoms with Gasteiger partial charge in [-0.1, -0.05) is 6.07 Å². The summed E-state index contributed by atoms with van der Waals surface area (Å²) in [5.74, 6) is -0.827. The second-order valence-electron chi connectivity index (χ2n) is 4.65. The number of rotatable bonds is 5. The van der Waals surface area contributed by atoms with Crippen LogP contribution in [0.1, 0.15) is 18.4 Å². The zero-order valence-corrected chi connectivity index (χ0v) is 12.1. The lowest BCUT2D eigenvalue weighted by atomic mass is 10.0. The maximum absolute atomic E-state index is 11.8. The molecule has 1 heterocycles. The van der Waals surface area contributed by atoms with E-state index in [4.69, 9.17) is 0 Å². The highest BCUT2D eigenvalue weighted by Gasteiger charge is 2.15. The average Bonchev–Trinajstić information content (AvgIpc) is 2.44. The minimum atomic E-state index is -3.54. The SMILES string of the molecule is COC(=O)CCS(=O)(=O)Nc1ccc2c(c1)NCCC2. The summed E-state index contributed by atoms with van der Waals surface area (Å²) in [6.45, 7) is 0.894. The molecule has 20 heavy (non-hydrogen) atoms. The molecule has 2 N–H and O–H groups in total. The van der Waals surface area contributed by atoms with Crippen molar-refractivity contribution in [2.75, 3.05) is 29.4 Å². The Morgan fingerprint density at radius 3 is 3.00 bits per heavy atom. The first-order valence-electron chi connectivity index (χ1n) is 6.44. The number of methoxy groups -OCH3 is 1. The number of aryl methyl sites for hydroxylation is 1. The van der Waals surface area contributed by atoms with Crippen molar-refractivity contribution in [1.82, 2.24) is 0 Å². The van der Waals surface area contributed by atoms with Crippen LogP contribution in [0.15, 0.2) is 18.2 Å². The van der Waals surface area contributed by atoms with Gasteiger partial charge in [0.2, 0.25) is 10.0 Å². The van der Waals surface area contributed by atoms with Crippen molar-refractivity contribution < 1.29 is 17.9 Å². The van der Waals surface area contributed by atoms with Gasteiger partial charge in [-0.15, -0.1) is 0 Å². The number of esters is 1. The highest BCUT2D eigenvalue weighted by Crippen LogP contribution is 2.25. The Bertz CT molecular complexity index is 598. The van der Waals surface area contributed by atoms with Gasteiger partial charge in [-0.25, -0.2) is 8.42 Å². The molecule has 0 saturated heterocycles. The molecule has 7 heteroatoms. The summed E-state index contributed by atoms with van der Waals surface area (Å²) < 4.78 is 30.6. The van der Waals surface area contributed by atoms with Crippen LogP contribution >= 0.6 is 0 Å². The van der Waals surface area contributed by atoms with Gasteiger partial charge in [0.15, 0.2) is 0 Å². The third kappa shape index (κ3) is 3.86. The number of fused-ring (bicyclic) bond motifs is 1. The molecule has 1 aromatic carbocycles. The molecule has 0 fully saturated rings. The normalized spacial score (nSPS) is 14.1. The largest absolute Gasteiger partial charge is 0.469 e. The van der Waals surface area contributed by atoms with E-state index in [1.54, 1.807) is 12.1 Å². The molecule has 0 atom stereocenters. The second kappa shape index (κ2) is 6.13. The van der Waals surface area contributed by atoms with E-state index in [1.165, 1.54) is 12.7 Å². The predicted octanol–water partition coefficient (Wildman–Crippen LogP) is 1.35. The van der Waals surface area contributed by atoms with Crippen LogP contribution < -0.4 is 10.0 Å². The maximum atomic E-state index is 11.8. The second-order valence-corrected chi connectivity index (χ2v) is 6.49. The van der Waals surface area contributed by atoms with Crippen LogP contribution in [-0.4, -0.2) is 33.8 Å². The van der Waals surface area contributed by atoms with Gasteiger partial charge in [-0.05, 0) is 30.5 Å².